The van der Waals surface area contributed by atoms with Crippen LogP contribution in [0.25, 0.3) is 0 Å². The number of nitrogens with one attached hydrogen (secondary N) is 1. The van der Waals surface area contributed by atoms with Crippen LogP contribution in [-0.4, -0.2) is 40.0 Å². The quantitative estimate of drug-likeness (QED) is 0.806. The summed E-state index contributed by atoms with van der Waals surface area (Å²) in [5, 5.41) is 0. The third-order valence-electron chi connectivity index (χ3n) is 3.34. The summed E-state index contributed by atoms with van der Waals surface area (Å²) < 4.78 is 27.9. The van der Waals surface area contributed by atoms with E-state index in [0.29, 0.717) is 22.7 Å². The van der Waals surface area contributed by atoms with Crippen LogP contribution in [0.4, 0.5) is 5.69 Å². The molecule has 0 bridgehead atoms. The highest BCUT2D eigenvalue weighted by molar-refractivity contribution is 7.89. The Bertz CT molecular complexity index is 569. The van der Waals surface area contributed by atoms with E-state index in [1.165, 1.54) is 0 Å². The van der Waals surface area contributed by atoms with Crippen LogP contribution >= 0.6 is 0 Å². The van der Waals surface area contributed by atoms with Gasteiger partial charge in [-0.2, -0.15) is 0 Å². The van der Waals surface area contributed by atoms with Gasteiger partial charge in [0.05, 0.1) is 4.90 Å². The van der Waals surface area contributed by atoms with Gasteiger partial charge in [0, 0.05) is 18.3 Å². The Kier molecular flexibility index (Phi) is 5.18. The van der Waals surface area contributed by atoms with Gasteiger partial charge >= 0.3 is 0 Å². The number of nitrogens with zero attached hydrogens (tertiary/aromatic N) is 1. The molecule has 1 aromatic carbocycles. The molecule has 0 amide bonds. The maximum absolute atomic E-state index is 12.6. The Hall–Kier alpha value is -1.11. The average molecular weight is 299 g/mol. The average Bonchev–Trinajstić information content (AvgIpc) is 2.24. The van der Waals surface area contributed by atoms with Gasteiger partial charge in [-0.3, -0.25) is 0 Å². The summed E-state index contributed by atoms with van der Waals surface area (Å²) in [5.41, 5.74) is 8.65. The Balaban J connectivity index is 3.23. The van der Waals surface area contributed by atoms with Crippen LogP contribution < -0.4 is 10.5 Å². The highest BCUT2D eigenvalue weighted by atomic mass is 32.2. The summed E-state index contributed by atoms with van der Waals surface area (Å²) in [4.78, 5) is 2.25. The van der Waals surface area contributed by atoms with Gasteiger partial charge in [0.2, 0.25) is 10.0 Å². The standard InChI is InChI=1S/C14H25N3O2S/c1-9-7-13(15)12(4)14(11(9)3)20(18,19)16-10(2)8-17(5)6/h7,10,16H,8,15H2,1-6H3. The lowest BCUT2D eigenvalue weighted by atomic mass is 10.1. The number of nitrogens with two attached hydrogens (primary N) is 1. The number of anilines is 1. The summed E-state index contributed by atoms with van der Waals surface area (Å²) >= 11 is 0. The zero-order chi connectivity index (χ0) is 15.7. The molecule has 1 atom stereocenters. The largest absolute Gasteiger partial charge is 0.398 e. The molecular formula is C14H25N3O2S. The second kappa shape index (κ2) is 6.11. The third-order valence-corrected chi connectivity index (χ3v) is 5.20. The van der Waals surface area contributed by atoms with Crippen molar-refractivity contribution in [3.63, 3.8) is 0 Å². The van der Waals surface area contributed by atoms with Gasteiger partial charge in [-0.25, -0.2) is 13.1 Å². The Morgan fingerprint density at radius 2 is 1.80 bits per heavy atom. The molecule has 0 fully saturated rings. The van der Waals surface area contributed by atoms with Crippen molar-refractivity contribution in [2.75, 3.05) is 26.4 Å². The van der Waals surface area contributed by atoms with Gasteiger partial charge in [0.1, 0.15) is 0 Å². The van der Waals surface area contributed by atoms with Crippen molar-refractivity contribution in [3.05, 3.63) is 22.8 Å². The number of hydrogen-bond donors (Lipinski definition) is 2. The summed E-state index contributed by atoms with van der Waals surface area (Å²) in [6.45, 7) is 7.91. The molecule has 0 radical (unpaired) electrons. The molecule has 1 rings (SSSR count). The second-order valence-corrected chi connectivity index (χ2v) is 7.30. The normalized spacial score (nSPS) is 13.8. The van der Waals surface area contributed by atoms with E-state index in [0.717, 1.165) is 11.1 Å². The summed E-state index contributed by atoms with van der Waals surface area (Å²) in [6, 6.07) is 1.64. The molecule has 0 aromatic heterocycles. The third kappa shape index (κ3) is 3.71. The highest BCUT2D eigenvalue weighted by Crippen LogP contribution is 2.27. The summed E-state index contributed by atoms with van der Waals surface area (Å²) in [6.07, 6.45) is 0. The molecule has 0 aliphatic carbocycles. The van der Waals surface area contributed by atoms with Gasteiger partial charge in [-0.15, -0.1) is 0 Å². The predicted molar refractivity (Wildman–Crippen MR) is 83.4 cm³/mol. The molecule has 0 saturated carbocycles. The first-order valence-corrected chi connectivity index (χ1v) is 8.08. The molecule has 114 valence electrons. The first-order chi connectivity index (χ1) is 9.06. The lowest BCUT2D eigenvalue weighted by Crippen LogP contribution is -2.40. The predicted octanol–water partition coefficient (Wildman–Crippen LogP) is 1.42. The van der Waals surface area contributed by atoms with Gasteiger partial charge in [0.25, 0.3) is 0 Å². The maximum Gasteiger partial charge on any atom is 0.241 e. The number of nitrogen functional groups attached to an aromatic ring is 1. The van der Waals surface area contributed by atoms with E-state index in [2.05, 4.69) is 4.72 Å². The fraction of sp³-hybridized carbons (Fsp3) is 0.571. The van der Waals surface area contributed by atoms with Gasteiger partial charge < -0.3 is 10.6 Å². The summed E-state index contributed by atoms with van der Waals surface area (Å²) in [5.74, 6) is 0. The van der Waals surface area contributed by atoms with Crippen molar-refractivity contribution in [1.29, 1.82) is 0 Å². The monoisotopic (exact) mass is 299 g/mol. The van der Waals surface area contributed by atoms with Crippen molar-refractivity contribution in [1.82, 2.24) is 9.62 Å². The lowest BCUT2D eigenvalue weighted by molar-refractivity contribution is 0.370. The van der Waals surface area contributed by atoms with E-state index in [9.17, 15) is 8.42 Å². The lowest BCUT2D eigenvalue weighted by Gasteiger charge is -2.21. The van der Waals surface area contributed by atoms with E-state index in [4.69, 9.17) is 5.73 Å². The minimum absolute atomic E-state index is 0.171. The van der Waals surface area contributed by atoms with E-state index < -0.39 is 10.0 Å². The number of aryl methyl sites for hydroxylation is 1. The Morgan fingerprint density at radius 1 is 1.25 bits per heavy atom. The number of sulfonamides is 1. The first-order valence-electron chi connectivity index (χ1n) is 6.59. The van der Waals surface area contributed by atoms with Crippen LogP contribution in [0.1, 0.15) is 23.6 Å². The molecule has 5 nitrogen and oxygen atoms in total. The minimum Gasteiger partial charge on any atom is -0.398 e. The zero-order valence-corrected chi connectivity index (χ0v) is 13.9. The molecule has 20 heavy (non-hydrogen) atoms. The smallest absolute Gasteiger partial charge is 0.241 e. The van der Waals surface area contributed by atoms with E-state index in [1.54, 1.807) is 6.92 Å². The fourth-order valence-electron chi connectivity index (χ4n) is 2.35. The van der Waals surface area contributed by atoms with Crippen LogP contribution in [0, 0.1) is 20.8 Å². The molecular weight excluding hydrogens is 274 g/mol. The maximum atomic E-state index is 12.6. The zero-order valence-electron chi connectivity index (χ0n) is 13.1. The van der Waals surface area contributed by atoms with Gasteiger partial charge in [-0.1, -0.05) is 0 Å². The molecule has 1 aromatic rings. The Morgan fingerprint density at radius 3 is 2.30 bits per heavy atom. The van der Waals surface area contributed by atoms with Crippen molar-refractivity contribution < 1.29 is 8.42 Å². The SMILES string of the molecule is Cc1cc(N)c(C)c(S(=O)(=O)NC(C)CN(C)C)c1C. The number of likely N-dealkylation sites (N-methyl/N-ethyl adjacent to an activating group) is 1. The van der Waals surface area contributed by atoms with Crippen LogP contribution in [0.2, 0.25) is 0 Å². The number of rotatable bonds is 5. The molecule has 3 N–H and O–H groups in total. The second-order valence-electron chi connectivity index (χ2n) is 5.65. The Labute approximate surface area is 122 Å². The highest BCUT2D eigenvalue weighted by Gasteiger charge is 2.24. The molecule has 0 spiro atoms. The van der Waals surface area contributed by atoms with E-state index in [1.807, 2.05) is 45.8 Å². The van der Waals surface area contributed by atoms with Crippen molar-refractivity contribution in [2.45, 2.75) is 38.6 Å². The van der Waals surface area contributed by atoms with Crippen molar-refractivity contribution >= 4 is 15.7 Å². The topological polar surface area (TPSA) is 75.4 Å². The molecule has 0 saturated heterocycles. The van der Waals surface area contributed by atoms with Crippen LogP contribution in [0.3, 0.4) is 0 Å². The molecule has 1 unspecified atom stereocenters. The van der Waals surface area contributed by atoms with E-state index >= 15 is 0 Å². The van der Waals surface area contributed by atoms with Crippen LogP contribution in [0.15, 0.2) is 11.0 Å². The van der Waals surface area contributed by atoms with Gasteiger partial charge in [-0.05, 0) is 64.5 Å². The minimum atomic E-state index is -3.57. The van der Waals surface area contributed by atoms with Crippen LogP contribution in [0.5, 0.6) is 0 Å². The van der Waals surface area contributed by atoms with Crippen LogP contribution in [-0.2, 0) is 10.0 Å². The number of hydrogen-bond acceptors (Lipinski definition) is 4. The first kappa shape index (κ1) is 16.9. The molecule has 0 aliphatic heterocycles. The van der Waals surface area contributed by atoms with Crippen molar-refractivity contribution in [3.8, 4) is 0 Å². The van der Waals surface area contributed by atoms with E-state index in [-0.39, 0.29) is 6.04 Å². The molecule has 0 heterocycles. The number of benzene rings is 1. The summed E-state index contributed by atoms with van der Waals surface area (Å²) in [7, 11) is 0.249. The molecule has 0 aliphatic rings. The fourth-order valence-corrected chi connectivity index (χ4v) is 4.16. The van der Waals surface area contributed by atoms with Crippen molar-refractivity contribution in [2.24, 2.45) is 0 Å². The molecule has 6 heteroatoms. The van der Waals surface area contributed by atoms with Gasteiger partial charge in [0.15, 0.2) is 0 Å².